The molecule has 0 saturated carbocycles. The third kappa shape index (κ3) is 3.95. The van der Waals surface area contributed by atoms with Gasteiger partial charge in [0.2, 0.25) is 0 Å². The molecule has 3 rings (SSSR count). The molecule has 0 bridgehead atoms. The van der Waals surface area contributed by atoms with Gasteiger partial charge in [-0.05, 0) is 17.0 Å². The van der Waals surface area contributed by atoms with E-state index < -0.39 is 5.76 Å². The standard InChI is InChI=1S/C16H14N2O4S/c19-14(21-11-12-5-2-1-3-6-12)8-9-18-16(20)22-15(17-18)13-7-4-10-23-13/h1-7,10H,8-9,11H2. The first-order valence-electron chi connectivity index (χ1n) is 7.04. The molecule has 0 aliphatic heterocycles. The van der Waals surface area contributed by atoms with Crippen molar-refractivity contribution in [2.75, 3.05) is 0 Å². The predicted molar refractivity (Wildman–Crippen MR) is 84.9 cm³/mol. The Hall–Kier alpha value is -2.67. The van der Waals surface area contributed by atoms with Crippen LogP contribution in [0.4, 0.5) is 0 Å². The summed E-state index contributed by atoms with van der Waals surface area (Å²) >= 11 is 1.43. The Morgan fingerprint density at radius 2 is 2.04 bits per heavy atom. The number of nitrogens with zero attached hydrogens (tertiary/aromatic N) is 2. The van der Waals surface area contributed by atoms with Crippen molar-refractivity contribution in [3.63, 3.8) is 0 Å². The Morgan fingerprint density at radius 3 is 2.78 bits per heavy atom. The minimum absolute atomic E-state index is 0.0587. The predicted octanol–water partition coefficient (Wildman–Crippen LogP) is 2.70. The number of carbonyl (C=O) groups excluding carboxylic acids is 1. The zero-order valence-corrected chi connectivity index (χ0v) is 13.0. The van der Waals surface area contributed by atoms with Gasteiger partial charge in [0.1, 0.15) is 6.61 Å². The highest BCUT2D eigenvalue weighted by Gasteiger charge is 2.12. The summed E-state index contributed by atoms with van der Waals surface area (Å²) in [5, 5.41) is 5.95. The van der Waals surface area contributed by atoms with Crippen LogP contribution in [0, 0.1) is 0 Å². The van der Waals surface area contributed by atoms with Crippen LogP contribution in [0.15, 0.2) is 57.1 Å². The topological polar surface area (TPSA) is 74.3 Å². The molecule has 0 aliphatic rings. The second kappa shape index (κ2) is 7.06. The van der Waals surface area contributed by atoms with E-state index in [1.807, 2.05) is 47.8 Å². The minimum atomic E-state index is -0.579. The number of ether oxygens (including phenoxy) is 1. The first-order chi connectivity index (χ1) is 11.2. The Morgan fingerprint density at radius 1 is 1.22 bits per heavy atom. The fourth-order valence-corrected chi connectivity index (χ4v) is 2.60. The number of benzene rings is 1. The van der Waals surface area contributed by atoms with Crippen LogP contribution in [0.25, 0.3) is 10.8 Å². The van der Waals surface area contributed by atoms with Crippen LogP contribution in [0.5, 0.6) is 0 Å². The van der Waals surface area contributed by atoms with E-state index >= 15 is 0 Å². The molecule has 6 nitrogen and oxygen atoms in total. The summed E-state index contributed by atoms with van der Waals surface area (Å²) in [6, 6.07) is 13.1. The van der Waals surface area contributed by atoms with Crippen LogP contribution in [-0.2, 0) is 22.7 Å². The van der Waals surface area contributed by atoms with Gasteiger partial charge in [-0.25, -0.2) is 4.79 Å². The van der Waals surface area contributed by atoms with Crippen molar-refractivity contribution in [3.05, 3.63) is 64.0 Å². The summed E-state index contributed by atoms with van der Waals surface area (Å²) in [6.07, 6.45) is 0.0587. The van der Waals surface area contributed by atoms with Gasteiger partial charge in [-0.3, -0.25) is 4.79 Å². The van der Waals surface area contributed by atoms with Gasteiger partial charge in [-0.2, -0.15) is 4.68 Å². The van der Waals surface area contributed by atoms with Crippen molar-refractivity contribution < 1.29 is 13.9 Å². The van der Waals surface area contributed by atoms with Crippen LogP contribution < -0.4 is 5.76 Å². The lowest BCUT2D eigenvalue weighted by Gasteiger charge is -2.04. The van der Waals surface area contributed by atoms with Crippen LogP contribution in [-0.4, -0.2) is 15.7 Å². The van der Waals surface area contributed by atoms with E-state index in [-0.39, 0.29) is 31.4 Å². The molecule has 3 aromatic rings. The third-order valence-corrected chi connectivity index (χ3v) is 3.97. The molecule has 2 heterocycles. The average molecular weight is 330 g/mol. The molecule has 2 aromatic heterocycles. The van der Waals surface area contributed by atoms with Gasteiger partial charge in [0.05, 0.1) is 17.8 Å². The minimum Gasteiger partial charge on any atom is -0.461 e. The SMILES string of the molecule is O=C(CCn1nc(-c2cccs2)oc1=O)OCc1ccccc1. The lowest BCUT2D eigenvalue weighted by atomic mass is 10.2. The Bertz CT molecular complexity index is 821. The summed E-state index contributed by atoms with van der Waals surface area (Å²) in [7, 11) is 0. The van der Waals surface area contributed by atoms with Crippen LogP contribution in [0.1, 0.15) is 12.0 Å². The van der Waals surface area contributed by atoms with Crippen molar-refractivity contribution >= 4 is 17.3 Å². The number of esters is 1. The molecule has 1 aromatic carbocycles. The van der Waals surface area contributed by atoms with Crippen LogP contribution in [0.3, 0.4) is 0 Å². The van der Waals surface area contributed by atoms with Gasteiger partial charge >= 0.3 is 11.7 Å². The van der Waals surface area contributed by atoms with Gasteiger partial charge in [0, 0.05) is 0 Å². The number of rotatable bonds is 6. The summed E-state index contributed by atoms with van der Waals surface area (Å²) in [4.78, 5) is 24.2. The highest BCUT2D eigenvalue weighted by molar-refractivity contribution is 7.13. The molecule has 23 heavy (non-hydrogen) atoms. The Kier molecular flexibility index (Phi) is 4.68. The number of carbonyl (C=O) groups is 1. The maximum atomic E-state index is 11.7. The maximum Gasteiger partial charge on any atom is 0.437 e. The van der Waals surface area contributed by atoms with E-state index in [2.05, 4.69) is 5.10 Å². The molecular weight excluding hydrogens is 316 g/mol. The van der Waals surface area contributed by atoms with Crippen molar-refractivity contribution in [1.82, 2.24) is 9.78 Å². The maximum absolute atomic E-state index is 11.7. The van der Waals surface area contributed by atoms with Gasteiger partial charge in [0.15, 0.2) is 0 Å². The fourth-order valence-electron chi connectivity index (χ4n) is 1.95. The second-order valence-electron chi connectivity index (χ2n) is 4.77. The van der Waals surface area contributed by atoms with E-state index in [1.54, 1.807) is 0 Å². The van der Waals surface area contributed by atoms with Gasteiger partial charge in [0.25, 0.3) is 5.89 Å². The van der Waals surface area contributed by atoms with E-state index in [4.69, 9.17) is 9.15 Å². The highest BCUT2D eigenvalue weighted by Crippen LogP contribution is 2.21. The van der Waals surface area contributed by atoms with Gasteiger partial charge < -0.3 is 9.15 Å². The molecular formula is C16H14N2O4S. The van der Waals surface area contributed by atoms with Crippen molar-refractivity contribution in [3.8, 4) is 10.8 Å². The first-order valence-corrected chi connectivity index (χ1v) is 7.92. The van der Waals surface area contributed by atoms with Crippen LogP contribution >= 0.6 is 11.3 Å². The first kappa shape index (κ1) is 15.2. The number of aryl methyl sites for hydroxylation is 1. The molecule has 0 saturated heterocycles. The largest absolute Gasteiger partial charge is 0.461 e. The number of thiophene rings is 1. The number of hydrogen-bond acceptors (Lipinski definition) is 6. The van der Waals surface area contributed by atoms with Gasteiger partial charge in [-0.15, -0.1) is 16.4 Å². The molecule has 0 atom stereocenters. The van der Waals surface area contributed by atoms with Crippen molar-refractivity contribution in [2.24, 2.45) is 0 Å². The molecule has 118 valence electrons. The normalized spacial score (nSPS) is 10.6. The highest BCUT2D eigenvalue weighted by atomic mass is 32.1. The van der Waals surface area contributed by atoms with Gasteiger partial charge in [-0.1, -0.05) is 36.4 Å². The molecule has 0 fully saturated rings. The molecule has 0 N–H and O–H groups in total. The lowest BCUT2D eigenvalue weighted by Crippen LogP contribution is -2.18. The molecule has 7 heteroatoms. The summed E-state index contributed by atoms with van der Waals surface area (Å²) in [5.41, 5.74) is 0.916. The second-order valence-corrected chi connectivity index (χ2v) is 5.72. The Balaban J connectivity index is 1.54. The smallest absolute Gasteiger partial charge is 0.437 e. The summed E-state index contributed by atoms with van der Waals surface area (Å²) in [6.45, 7) is 0.342. The van der Waals surface area contributed by atoms with Crippen molar-refractivity contribution in [1.29, 1.82) is 0 Å². The van der Waals surface area contributed by atoms with Crippen LogP contribution in [0.2, 0.25) is 0 Å². The molecule has 0 unspecified atom stereocenters. The number of hydrogen-bond donors (Lipinski definition) is 0. The fraction of sp³-hybridized carbons (Fsp3) is 0.188. The van der Waals surface area contributed by atoms with E-state index in [0.717, 1.165) is 15.1 Å². The lowest BCUT2D eigenvalue weighted by molar-refractivity contribution is -0.145. The van der Waals surface area contributed by atoms with E-state index in [9.17, 15) is 9.59 Å². The summed E-state index contributed by atoms with van der Waals surface area (Å²) in [5.74, 6) is -0.701. The molecule has 0 spiro atoms. The summed E-state index contributed by atoms with van der Waals surface area (Å²) < 4.78 is 11.4. The monoisotopic (exact) mass is 330 g/mol. The molecule has 0 radical (unpaired) electrons. The molecule has 0 amide bonds. The third-order valence-electron chi connectivity index (χ3n) is 3.11. The number of aromatic nitrogens is 2. The van der Waals surface area contributed by atoms with E-state index in [1.165, 1.54) is 11.3 Å². The van der Waals surface area contributed by atoms with Crippen molar-refractivity contribution in [2.45, 2.75) is 19.6 Å². The van der Waals surface area contributed by atoms with E-state index in [0.29, 0.717) is 0 Å². The quantitative estimate of drug-likeness (QED) is 0.650. The average Bonchev–Trinajstić information content (AvgIpc) is 3.21. The zero-order chi connectivity index (χ0) is 16.1. The molecule has 0 aliphatic carbocycles. The Labute approximate surface area is 135 Å². The zero-order valence-electron chi connectivity index (χ0n) is 12.2.